The van der Waals surface area contributed by atoms with E-state index in [1.54, 1.807) is 44.4 Å². The minimum Gasteiger partial charge on any atom is -0.497 e. The standard InChI is InChI=1S/C41H49N5O8/c1-40-23-41(12-13-41)24-45(40)38(48)30-18-34(52-4)36(20-32(30)46(42)39(40)49)54-15-7-5-6-14-53-35-19-31-29(17-33(35)51-3)37(47)44-22-26(16-27(44)21-43-31)25-8-10-28(50-2)11-9-25/h8-11,17-20,22,27,39,43,49H,5-7,12-16,21,23-24,42H2,1-4H3/t27?,39?,40-/m0/s1. The zero-order valence-corrected chi connectivity index (χ0v) is 31.4. The van der Waals surface area contributed by atoms with Crippen LogP contribution in [0.4, 0.5) is 11.4 Å². The number of hydrogen-bond acceptors (Lipinski definition) is 11. The second kappa shape index (κ2) is 13.9. The largest absolute Gasteiger partial charge is 0.497 e. The first-order valence-corrected chi connectivity index (χ1v) is 18.7. The van der Waals surface area contributed by atoms with Crippen molar-refractivity contribution in [1.82, 2.24) is 9.80 Å². The topological polar surface area (TPSA) is 148 Å². The van der Waals surface area contributed by atoms with Crippen molar-refractivity contribution in [1.29, 1.82) is 0 Å². The Labute approximate surface area is 315 Å². The first kappa shape index (κ1) is 35.9. The zero-order chi connectivity index (χ0) is 37.8. The zero-order valence-electron chi connectivity index (χ0n) is 31.4. The number of anilines is 2. The summed E-state index contributed by atoms with van der Waals surface area (Å²) in [5.74, 6) is 9.03. The van der Waals surface area contributed by atoms with Gasteiger partial charge in [0.25, 0.3) is 11.8 Å². The van der Waals surface area contributed by atoms with Crippen molar-refractivity contribution in [2.24, 2.45) is 11.3 Å². The van der Waals surface area contributed by atoms with Crippen molar-refractivity contribution >= 4 is 28.8 Å². The van der Waals surface area contributed by atoms with Crippen LogP contribution in [-0.2, 0) is 0 Å². The number of ether oxygens (including phenoxy) is 5. The molecule has 4 N–H and O–H groups in total. The molecule has 3 aromatic carbocycles. The summed E-state index contributed by atoms with van der Waals surface area (Å²) in [7, 11) is 4.77. The average molecular weight is 740 g/mol. The van der Waals surface area contributed by atoms with Crippen LogP contribution >= 0.6 is 0 Å². The molecule has 13 heteroatoms. The number of aliphatic hydroxyl groups excluding tert-OH is 1. The number of hydrazine groups is 1. The van der Waals surface area contributed by atoms with Gasteiger partial charge in [0.2, 0.25) is 0 Å². The van der Waals surface area contributed by atoms with Crippen LogP contribution in [0.2, 0.25) is 0 Å². The lowest BCUT2D eigenvalue weighted by Crippen LogP contribution is -2.59. The van der Waals surface area contributed by atoms with E-state index >= 15 is 0 Å². The number of nitrogens with zero attached hydrogens (tertiary/aromatic N) is 3. The number of nitrogens with one attached hydrogen (secondary N) is 1. The van der Waals surface area contributed by atoms with Crippen LogP contribution in [0, 0.1) is 5.41 Å². The minimum absolute atomic E-state index is 0.00954. The summed E-state index contributed by atoms with van der Waals surface area (Å²) >= 11 is 0. The van der Waals surface area contributed by atoms with E-state index in [4.69, 9.17) is 29.5 Å². The van der Waals surface area contributed by atoms with E-state index in [-0.39, 0.29) is 23.3 Å². The lowest BCUT2D eigenvalue weighted by atomic mass is 9.90. The number of hydrogen-bond donors (Lipinski definition) is 3. The van der Waals surface area contributed by atoms with Crippen molar-refractivity contribution in [3.8, 4) is 28.7 Å². The summed E-state index contributed by atoms with van der Waals surface area (Å²) in [6, 6.07) is 14.9. The molecule has 3 atom stereocenters. The fourth-order valence-corrected chi connectivity index (χ4v) is 8.59. The Morgan fingerprint density at radius 1 is 0.852 bits per heavy atom. The molecule has 0 radical (unpaired) electrons. The maximum Gasteiger partial charge on any atom is 0.260 e. The lowest BCUT2D eigenvalue weighted by molar-refractivity contribution is 0.00878. The second-order valence-corrected chi connectivity index (χ2v) is 15.4. The Hall–Kier alpha value is -5.14. The first-order chi connectivity index (χ1) is 26.1. The number of carbonyl (C=O) groups is 2. The van der Waals surface area contributed by atoms with E-state index in [9.17, 15) is 14.7 Å². The van der Waals surface area contributed by atoms with Crippen LogP contribution in [0.3, 0.4) is 0 Å². The monoisotopic (exact) mass is 739 g/mol. The number of amides is 2. The van der Waals surface area contributed by atoms with Crippen LogP contribution in [-0.4, -0.2) is 92.2 Å². The van der Waals surface area contributed by atoms with Crippen molar-refractivity contribution < 1.29 is 38.4 Å². The maximum absolute atomic E-state index is 13.8. The molecule has 2 amide bonds. The van der Waals surface area contributed by atoms with Crippen LogP contribution in [0.1, 0.15) is 78.1 Å². The van der Waals surface area contributed by atoms with Gasteiger partial charge in [-0.25, -0.2) is 5.84 Å². The summed E-state index contributed by atoms with van der Waals surface area (Å²) < 4.78 is 28.9. The Kier molecular flexibility index (Phi) is 9.25. The minimum atomic E-state index is -1.06. The molecule has 1 saturated carbocycles. The van der Waals surface area contributed by atoms with Crippen molar-refractivity contribution in [3.05, 3.63) is 71.4 Å². The van der Waals surface area contributed by atoms with Gasteiger partial charge >= 0.3 is 0 Å². The molecule has 286 valence electrons. The molecule has 1 saturated heterocycles. The highest BCUT2D eigenvalue weighted by molar-refractivity contribution is 6.03. The lowest BCUT2D eigenvalue weighted by Gasteiger charge is -2.39. The molecule has 0 aromatic heterocycles. The SMILES string of the molecule is COc1ccc(C2=CN3C(=O)c4cc(OC)c(OCCCCCOc5cc6c(cc5OC)C(=O)N5CC7(CC7)C[C@@]5(C)C(O)N6N)cc4NCC3C2)cc1. The third-order valence-corrected chi connectivity index (χ3v) is 11.9. The molecule has 8 rings (SSSR count). The molecular weight excluding hydrogens is 690 g/mol. The number of rotatable bonds is 12. The highest BCUT2D eigenvalue weighted by Crippen LogP contribution is 2.60. The first-order valence-electron chi connectivity index (χ1n) is 18.7. The van der Waals surface area contributed by atoms with Crippen LogP contribution in [0.25, 0.3) is 5.57 Å². The fourth-order valence-electron chi connectivity index (χ4n) is 8.59. The number of nitrogens with two attached hydrogens (primary N) is 1. The molecular formula is C41H49N5O8. The van der Waals surface area contributed by atoms with E-state index in [1.165, 1.54) is 5.01 Å². The van der Waals surface area contributed by atoms with Gasteiger partial charge in [0.1, 0.15) is 5.75 Å². The smallest absolute Gasteiger partial charge is 0.260 e. The Morgan fingerprint density at radius 3 is 2.17 bits per heavy atom. The Morgan fingerprint density at radius 2 is 1.52 bits per heavy atom. The summed E-state index contributed by atoms with van der Waals surface area (Å²) in [5, 5.41) is 16.2. The van der Waals surface area contributed by atoms with Gasteiger partial charge in [0.05, 0.1) is 68.6 Å². The molecule has 1 aliphatic carbocycles. The van der Waals surface area contributed by atoms with Gasteiger partial charge in [-0.2, -0.15) is 0 Å². The predicted octanol–water partition coefficient (Wildman–Crippen LogP) is 5.42. The van der Waals surface area contributed by atoms with E-state index in [0.717, 1.165) is 67.5 Å². The van der Waals surface area contributed by atoms with Gasteiger partial charge in [-0.1, -0.05) is 12.1 Å². The number of unbranched alkanes of at least 4 members (excludes halogenated alkanes) is 2. The molecule has 13 nitrogen and oxygen atoms in total. The third-order valence-electron chi connectivity index (χ3n) is 11.9. The summed E-state index contributed by atoms with van der Waals surface area (Å²) in [4.78, 5) is 31.2. The predicted molar refractivity (Wildman–Crippen MR) is 203 cm³/mol. The van der Waals surface area contributed by atoms with Crippen LogP contribution in [0.5, 0.6) is 28.7 Å². The van der Waals surface area contributed by atoms with Crippen LogP contribution in [0.15, 0.2) is 54.7 Å². The number of benzene rings is 3. The summed E-state index contributed by atoms with van der Waals surface area (Å²) in [5.41, 5.74) is 3.55. The van der Waals surface area contributed by atoms with Gasteiger partial charge < -0.3 is 43.9 Å². The molecule has 2 unspecified atom stereocenters. The van der Waals surface area contributed by atoms with E-state index in [2.05, 4.69) is 5.32 Å². The highest BCUT2D eigenvalue weighted by Gasteiger charge is 2.62. The second-order valence-electron chi connectivity index (χ2n) is 15.4. The van der Waals surface area contributed by atoms with Crippen molar-refractivity contribution in [2.45, 2.75) is 69.7 Å². The van der Waals surface area contributed by atoms with Crippen molar-refractivity contribution in [3.63, 3.8) is 0 Å². The molecule has 2 fully saturated rings. The number of carbonyl (C=O) groups excluding carboxylic acids is 2. The van der Waals surface area contributed by atoms with Gasteiger partial charge in [0, 0.05) is 31.4 Å². The van der Waals surface area contributed by atoms with E-state index < -0.39 is 11.8 Å². The molecule has 0 bridgehead atoms. The third kappa shape index (κ3) is 6.22. The molecule has 54 heavy (non-hydrogen) atoms. The average Bonchev–Trinajstić information content (AvgIpc) is 3.73. The Balaban J connectivity index is 0.863. The maximum atomic E-state index is 13.8. The number of aliphatic hydroxyl groups is 1. The van der Waals surface area contributed by atoms with E-state index in [1.807, 2.05) is 48.4 Å². The fraction of sp³-hybridized carbons (Fsp3) is 0.463. The van der Waals surface area contributed by atoms with E-state index in [0.29, 0.717) is 66.1 Å². The van der Waals surface area contributed by atoms with Crippen LogP contribution < -0.4 is 39.9 Å². The molecule has 4 heterocycles. The van der Waals surface area contributed by atoms with Crippen molar-refractivity contribution in [2.75, 3.05) is 58.0 Å². The number of methoxy groups -OCH3 is 3. The normalized spacial score (nSPS) is 23.4. The van der Waals surface area contributed by atoms with Gasteiger partial charge in [-0.3, -0.25) is 14.6 Å². The summed E-state index contributed by atoms with van der Waals surface area (Å²) in [6.07, 6.45) is 6.81. The van der Waals surface area contributed by atoms with Gasteiger partial charge in [0.15, 0.2) is 29.2 Å². The molecule has 5 aliphatic rings. The summed E-state index contributed by atoms with van der Waals surface area (Å²) in [6.45, 7) is 4.01. The quantitative estimate of drug-likeness (QED) is 0.162. The molecule has 1 spiro atoms. The molecule has 4 aliphatic heterocycles. The van der Waals surface area contributed by atoms with Gasteiger partial charge in [-0.05, 0) is 92.7 Å². The molecule has 3 aromatic rings. The highest BCUT2D eigenvalue weighted by atomic mass is 16.5. The number of fused-ring (bicyclic) bond motifs is 4. The Bertz CT molecular complexity index is 1980. The van der Waals surface area contributed by atoms with Gasteiger partial charge in [-0.15, -0.1) is 0 Å².